The lowest BCUT2D eigenvalue weighted by Gasteiger charge is -2.09. The monoisotopic (exact) mass is 272 g/mol. The number of hydrogen-bond acceptors (Lipinski definition) is 2. The van der Waals surface area contributed by atoms with Crippen LogP contribution in [0.15, 0.2) is 27.6 Å². The number of carbonyl (C=O) groups is 1. The minimum absolute atomic E-state index is 0.122. The molecule has 0 amide bonds. The molecule has 1 aromatic rings. The molecule has 2 atom stereocenters. The number of aliphatic carboxylic acids is 1. The minimum Gasteiger partial charge on any atom is -0.481 e. The van der Waals surface area contributed by atoms with Crippen molar-refractivity contribution in [2.75, 3.05) is 0 Å². The van der Waals surface area contributed by atoms with Crippen LogP contribution in [0.1, 0.15) is 18.4 Å². The fourth-order valence-electron chi connectivity index (χ4n) is 1.72. The van der Waals surface area contributed by atoms with Crippen molar-refractivity contribution in [1.82, 2.24) is 0 Å². The quantitative estimate of drug-likeness (QED) is 0.854. The van der Waals surface area contributed by atoms with Crippen LogP contribution >= 0.6 is 27.7 Å². The van der Waals surface area contributed by atoms with Crippen LogP contribution in [0.4, 0.5) is 0 Å². The van der Waals surface area contributed by atoms with E-state index < -0.39 is 5.97 Å². The first kappa shape index (κ1) is 10.1. The number of fused-ring (bicyclic) bond motifs is 1. The van der Waals surface area contributed by atoms with Gasteiger partial charge in [0.2, 0.25) is 0 Å². The third-order valence-corrected chi connectivity index (χ3v) is 4.10. The topological polar surface area (TPSA) is 37.3 Å². The summed E-state index contributed by atoms with van der Waals surface area (Å²) < 4.78 is 1.00. The van der Waals surface area contributed by atoms with Crippen LogP contribution in [0.3, 0.4) is 0 Å². The Kier molecular flexibility index (Phi) is 2.58. The number of carboxylic acids is 1. The van der Waals surface area contributed by atoms with Gasteiger partial charge in [0, 0.05) is 14.6 Å². The summed E-state index contributed by atoms with van der Waals surface area (Å²) >= 11 is 5.01. The first-order chi connectivity index (χ1) is 6.59. The fourth-order valence-corrected chi connectivity index (χ4v) is 3.56. The predicted molar refractivity (Wildman–Crippen MR) is 59.8 cm³/mol. The summed E-state index contributed by atoms with van der Waals surface area (Å²) in [6, 6.07) is 5.78. The zero-order valence-electron chi connectivity index (χ0n) is 7.53. The number of halogens is 1. The first-order valence-corrected chi connectivity index (χ1v) is 5.96. The highest BCUT2D eigenvalue weighted by Crippen LogP contribution is 2.46. The Labute approximate surface area is 94.8 Å². The summed E-state index contributed by atoms with van der Waals surface area (Å²) in [5.41, 5.74) is 0.943. The molecule has 1 N–H and O–H groups in total. The number of benzene rings is 1. The highest BCUT2D eigenvalue weighted by Gasteiger charge is 2.35. The molecule has 2 nitrogen and oxygen atoms in total. The third kappa shape index (κ3) is 1.57. The number of hydrogen-bond donors (Lipinski definition) is 1. The second-order valence-electron chi connectivity index (χ2n) is 3.32. The van der Waals surface area contributed by atoms with Gasteiger partial charge in [0.05, 0.1) is 5.92 Å². The Balaban J connectivity index is 2.48. The molecule has 14 heavy (non-hydrogen) atoms. The van der Waals surface area contributed by atoms with Crippen LogP contribution < -0.4 is 0 Å². The Morgan fingerprint density at radius 3 is 2.93 bits per heavy atom. The van der Waals surface area contributed by atoms with E-state index in [9.17, 15) is 4.79 Å². The number of rotatable bonds is 1. The van der Waals surface area contributed by atoms with Crippen LogP contribution in [0.2, 0.25) is 0 Å². The van der Waals surface area contributed by atoms with Gasteiger partial charge in [-0.15, -0.1) is 11.8 Å². The summed E-state index contributed by atoms with van der Waals surface area (Å²) in [4.78, 5) is 12.1. The molecular formula is C10H9BrO2S. The number of carboxylic acid groups (broad SMARTS) is 1. The van der Waals surface area contributed by atoms with E-state index in [1.807, 2.05) is 25.1 Å². The molecule has 2 rings (SSSR count). The van der Waals surface area contributed by atoms with Gasteiger partial charge >= 0.3 is 5.97 Å². The van der Waals surface area contributed by atoms with Crippen molar-refractivity contribution in [3.8, 4) is 0 Å². The van der Waals surface area contributed by atoms with E-state index in [0.29, 0.717) is 0 Å². The van der Waals surface area contributed by atoms with E-state index in [1.165, 1.54) is 0 Å². The molecule has 0 saturated heterocycles. The average molecular weight is 273 g/mol. The Morgan fingerprint density at radius 1 is 1.57 bits per heavy atom. The van der Waals surface area contributed by atoms with E-state index in [1.54, 1.807) is 11.8 Å². The standard InChI is InChI=1S/C10H9BrO2S/c1-5-9(10(12)13)7-3-2-6(11)4-8(7)14-5/h2-5,9H,1H3,(H,12,13). The van der Waals surface area contributed by atoms with Gasteiger partial charge in [-0.3, -0.25) is 4.79 Å². The maximum Gasteiger partial charge on any atom is 0.312 e. The third-order valence-electron chi connectivity index (χ3n) is 2.36. The predicted octanol–water partition coefficient (Wildman–Crippen LogP) is 3.11. The SMILES string of the molecule is CC1Sc2cc(Br)ccc2C1C(=O)O. The first-order valence-electron chi connectivity index (χ1n) is 4.28. The van der Waals surface area contributed by atoms with E-state index in [4.69, 9.17) is 5.11 Å². The zero-order valence-corrected chi connectivity index (χ0v) is 9.93. The molecule has 1 heterocycles. The molecule has 0 aromatic heterocycles. The second-order valence-corrected chi connectivity index (χ2v) is 5.66. The van der Waals surface area contributed by atoms with Crippen LogP contribution in [0, 0.1) is 0 Å². The summed E-state index contributed by atoms with van der Waals surface area (Å²) in [6.45, 7) is 1.96. The van der Waals surface area contributed by atoms with E-state index in [2.05, 4.69) is 15.9 Å². The molecule has 0 radical (unpaired) electrons. The van der Waals surface area contributed by atoms with Crippen molar-refractivity contribution >= 4 is 33.7 Å². The van der Waals surface area contributed by atoms with E-state index in [0.717, 1.165) is 14.9 Å². The van der Waals surface area contributed by atoms with Gasteiger partial charge in [-0.25, -0.2) is 0 Å². The normalized spacial score (nSPS) is 24.7. The van der Waals surface area contributed by atoms with Gasteiger partial charge in [-0.05, 0) is 17.7 Å². The molecule has 0 fully saturated rings. The van der Waals surface area contributed by atoms with Gasteiger partial charge in [0.25, 0.3) is 0 Å². The molecule has 0 saturated carbocycles. The zero-order chi connectivity index (χ0) is 10.3. The molecule has 0 aliphatic carbocycles. The molecular weight excluding hydrogens is 264 g/mol. The van der Waals surface area contributed by atoms with E-state index >= 15 is 0 Å². The lowest BCUT2D eigenvalue weighted by Crippen LogP contribution is -2.16. The van der Waals surface area contributed by atoms with Crippen molar-refractivity contribution in [2.45, 2.75) is 23.0 Å². The van der Waals surface area contributed by atoms with Crippen molar-refractivity contribution in [3.63, 3.8) is 0 Å². The van der Waals surface area contributed by atoms with Crippen LogP contribution in [-0.4, -0.2) is 16.3 Å². The summed E-state index contributed by atoms with van der Waals surface area (Å²) in [6.07, 6.45) is 0. The summed E-state index contributed by atoms with van der Waals surface area (Å²) in [7, 11) is 0. The summed E-state index contributed by atoms with van der Waals surface area (Å²) in [5.74, 6) is -1.09. The molecule has 1 aliphatic rings. The Hall–Kier alpha value is -0.480. The number of thioether (sulfide) groups is 1. The Bertz CT molecular complexity index is 392. The van der Waals surface area contributed by atoms with Gasteiger partial charge in [-0.1, -0.05) is 28.9 Å². The van der Waals surface area contributed by atoms with Gasteiger partial charge < -0.3 is 5.11 Å². The minimum atomic E-state index is -0.730. The molecule has 74 valence electrons. The highest BCUT2D eigenvalue weighted by atomic mass is 79.9. The largest absolute Gasteiger partial charge is 0.481 e. The average Bonchev–Trinajstić information content (AvgIpc) is 2.39. The van der Waals surface area contributed by atoms with Crippen molar-refractivity contribution in [1.29, 1.82) is 0 Å². The fraction of sp³-hybridized carbons (Fsp3) is 0.300. The maximum atomic E-state index is 11.0. The van der Waals surface area contributed by atoms with Crippen molar-refractivity contribution < 1.29 is 9.90 Å². The maximum absolute atomic E-state index is 11.0. The molecule has 4 heteroatoms. The molecule has 0 bridgehead atoms. The van der Waals surface area contributed by atoms with Crippen LogP contribution in [-0.2, 0) is 4.79 Å². The molecule has 0 spiro atoms. The molecule has 2 unspecified atom stereocenters. The van der Waals surface area contributed by atoms with Crippen LogP contribution in [0.25, 0.3) is 0 Å². The highest BCUT2D eigenvalue weighted by molar-refractivity contribution is 9.10. The molecule has 1 aromatic carbocycles. The summed E-state index contributed by atoms with van der Waals surface area (Å²) in [5, 5.41) is 9.20. The smallest absolute Gasteiger partial charge is 0.312 e. The van der Waals surface area contributed by atoms with Crippen molar-refractivity contribution in [3.05, 3.63) is 28.2 Å². The second kappa shape index (κ2) is 3.59. The lowest BCUT2D eigenvalue weighted by atomic mass is 9.97. The van der Waals surface area contributed by atoms with Crippen molar-refractivity contribution in [2.24, 2.45) is 0 Å². The lowest BCUT2D eigenvalue weighted by molar-refractivity contribution is -0.138. The van der Waals surface area contributed by atoms with Gasteiger partial charge in [0.1, 0.15) is 0 Å². The van der Waals surface area contributed by atoms with Crippen LogP contribution in [0.5, 0.6) is 0 Å². The van der Waals surface area contributed by atoms with E-state index in [-0.39, 0.29) is 11.2 Å². The molecule has 1 aliphatic heterocycles. The van der Waals surface area contributed by atoms with Gasteiger partial charge in [0.15, 0.2) is 0 Å². The van der Waals surface area contributed by atoms with Gasteiger partial charge in [-0.2, -0.15) is 0 Å². The Morgan fingerprint density at radius 2 is 2.29 bits per heavy atom.